The molecule has 5 rings (SSSR count). The predicted octanol–water partition coefficient (Wildman–Crippen LogP) is 6.30. The van der Waals surface area contributed by atoms with Crippen LogP contribution in [0.2, 0.25) is 0 Å². The van der Waals surface area contributed by atoms with E-state index in [0.717, 1.165) is 9.17 Å². The summed E-state index contributed by atoms with van der Waals surface area (Å²) in [5.74, 6) is -0.847. The Labute approximate surface area is 205 Å². The summed E-state index contributed by atoms with van der Waals surface area (Å²) >= 11 is 6.01. The molecule has 33 heavy (non-hydrogen) atoms. The Hall–Kier alpha value is -3.01. The lowest BCUT2D eigenvalue weighted by atomic mass is 9.96. The van der Waals surface area contributed by atoms with Gasteiger partial charge in [-0.3, -0.25) is 14.5 Å². The number of benzene rings is 2. The molecule has 1 unspecified atom stereocenters. The van der Waals surface area contributed by atoms with E-state index < -0.39 is 17.7 Å². The van der Waals surface area contributed by atoms with Crippen molar-refractivity contribution in [1.82, 2.24) is 4.98 Å². The smallest absolute Gasteiger partial charge is 0.296 e. The highest BCUT2D eigenvalue weighted by molar-refractivity contribution is 9.10. The summed E-state index contributed by atoms with van der Waals surface area (Å²) in [6, 6.07) is 15.5. The summed E-state index contributed by atoms with van der Waals surface area (Å²) < 4.78 is 7.29. The fourth-order valence-corrected chi connectivity index (χ4v) is 5.75. The molecule has 0 bridgehead atoms. The maximum atomic E-state index is 13.4. The summed E-state index contributed by atoms with van der Waals surface area (Å²) in [6.45, 7) is 2.45. The molecule has 0 spiro atoms. The average molecular weight is 541 g/mol. The summed E-state index contributed by atoms with van der Waals surface area (Å²) in [7, 11) is 0. The third-order valence-electron chi connectivity index (χ3n) is 5.25. The number of rotatable bonds is 6. The van der Waals surface area contributed by atoms with Gasteiger partial charge >= 0.3 is 0 Å². The van der Waals surface area contributed by atoms with Gasteiger partial charge in [0.2, 0.25) is 5.78 Å². The number of fused-ring (bicyclic) bond motifs is 1. The first-order chi connectivity index (χ1) is 16.0. The Kier molecular flexibility index (Phi) is 5.77. The van der Waals surface area contributed by atoms with Crippen molar-refractivity contribution in [3.63, 3.8) is 0 Å². The molecule has 1 amide bonds. The van der Waals surface area contributed by atoms with E-state index in [1.165, 1.54) is 27.6 Å². The quantitative estimate of drug-likeness (QED) is 0.290. The maximum Gasteiger partial charge on any atom is 0.296 e. The Morgan fingerprint density at radius 1 is 1.21 bits per heavy atom. The molecule has 9 heteroatoms. The molecule has 1 aliphatic rings. The first kappa shape index (κ1) is 21.8. The van der Waals surface area contributed by atoms with Crippen LogP contribution in [0, 0.1) is 0 Å². The van der Waals surface area contributed by atoms with Gasteiger partial charge in [-0.2, -0.15) is 0 Å². The van der Waals surface area contributed by atoms with Gasteiger partial charge in [0.25, 0.3) is 5.91 Å². The number of nitrogens with zero attached hydrogens (tertiary/aromatic N) is 2. The molecule has 6 nitrogen and oxygen atoms in total. The van der Waals surface area contributed by atoms with Crippen LogP contribution in [-0.2, 0) is 4.79 Å². The van der Waals surface area contributed by atoms with E-state index in [1.807, 2.05) is 49.4 Å². The van der Waals surface area contributed by atoms with Crippen LogP contribution in [-0.4, -0.2) is 28.4 Å². The number of aliphatic hydroxyl groups excluding tert-OH is 1. The molecule has 1 atom stereocenters. The number of anilines is 1. The van der Waals surface area contributed by atoms with Crippen LogP contribution >= 0.6 is 38.6 Å². The average Bonchev–Trinajstić information content (AvgIpc) is 3.53. The van der Waals surface area contributed by atoms with Gasteiger partial charge in [0, 0.05) is 4.47 Å². The second-order valence-electron chi connectivity index (χ2n) is 7.26. The molecule has 1 N–H and O–H groups in total. The standard InChI is InChI=1S/C24H17BrN2O4S2/c1-2-31-15-9-10-16-18(12-15)33-24(26-16)27-20(13-5-7-14(25)8-6-13)19(22(29)23(27)30)21(28)17-4-3-11-32-17/h3-12,20,29H,2H2,1H3. The predicted molar refractivity (Wildman–Crippen MR) is 133 cm³/mol. The number of aromatic nitrogens is 1. The Balaban J connectivity index is 1.64. The van der Waals surface area contributed by atoms with Crippen molar-refractivity contribution in [2.45, 2.75) is 13.0 Å². The van der Waals surface area contributed by atoms with Gasteiger partial charge in [-0.25, -0.2) is 4.98 Å². The van der Waals surface area contributed by atoms with Gasteiger partial charge < -0.3 is 9.84 Å². The minimum atomic E-state index is -0.799. The number of hydrogen-bond acceptors (Lipinski definition) is 7. The van der Waals surface area contributed by atoms with E-state index in [-0.39, 0.29) is 11.4 Å². The second kappa shape index (κ2) is 8.74. The first-order valence-corrected chi connectivity index (χ1v) is 12.6. The highest BCUT2D eigenvalue weighted by Crippen LogP contribution is 2.45. The van der Waals surface area contributed by atoms with Gasteiger partial charge in [0.05, 0.1) is 33.3 Å². The molecular weight excluding hydrogens is 524 g/mol. The first-order valence-electron chi connectivity index (χ1n) is 10.1. The molecule has 0 saturated heterocycles. The van der Waals surface area contributed by atoms with Gasteiger partial charge in [-0.15, -0.1) is 11.3 Å². The molecule has 0 radical (unpaired) electrons. The van der Waals surface area contributed by atoms with Crippen LogP contribution in [0.25, 0.3) is 10.2 Å². The van der Waals surface area contributed by atoms with Gasteiger partial charge in [0.15, 0.2) is 10.9 Å². The zero-order valence-corrected chi connectivity index (χ0v) is 20.5. The van der Waals surface area contributed by atoms with Crippen LogP contribution in [0.4, 0.5) is 5.13 Å². The van der Waals surface area contributed by atoms with Gasteiger partial charge in [-0.05, 0) is 54.3 Å². The molecule has 0 aliphatic carbocycles. The van der Waals surface area contributed by atoms with E-state index in [1.54, 1.807) is 17.5 Å². The van der Waals surface area contributed by atoms with E-state index >= 15 is 0 Å². The zero-order valence-electron chi connectivity index (χ0n) is 17.3. The van der Waals surface area contributed by atoms with Crippen molar-refractivity contribution in [3.05, 3.63) is 86.2 Å². The fourth-order valence-electron chi connectivity index (χ4n) is 3.79. The van der Waals surface area contributed by atoms with Crippen LogP contribution in [0.15, 0.2) is 75.8 Å². The summed E-state index contributed by atoms with van der Waals surface area (Å²) in [5.41, 5.74) is 1.46. The SMILES string of the molecule is CCOc1ccc2nc(N3C(=O)C(O)=C(C(=O)c4cccs4)C3c3ccc(Br)cc3)sc2c1. The van der Waals surface area contributed by atoms with E-state index in [2.05, 4.69) is 20.9 Å². The normalized spacial score (nSPS) is 16.1. The van der Waals surface area contributed by atoms with E-state index in [9.17, 15) is 14.7 Å². The number of thiophene rings is 1. The van der Waals surface area contributed by atoms with Crippen LogP contribution in [0.1, 0.15) is 28.2 Å². The number of Topliss-reactive ketones (excluding diaryl/α,β-unsaturated/α-hetero) is 1. The van der Waals surface area contributed by atoms with Crippen molar-refractivity contribution in [2.75, 3.05) is 11.5 Å². The van der Waals surface area contributed by atoms with E-state index in [4.69, 9.17) is 4.74 Å². The number of carbonyl (C=O) groups is 2. The summed E-state index contributed by atoms with van der Waals surface area (Å²) in [4.78, 5) is 33.1. The topological polar surface area (TPSA) is 79.7 Å². The van der Waals surface area contributed by atoms with Crippen molar-refractivity contribution in [3.8, 4) is 5.75 Å². The summed E-state index contributed by atoms with van der Waals surface area (Å²) in [5, 5.41) is 13.0. The lowest BCUT2D eigenvalue weighted by molar-refractivity contribution is -0.117. The highest BCUT2D eigenvalue weighted by atomic mass is 79.9. The number of aliphatic hydroxyl groups is 1. The molecule has 166 valence electrons. The highest BCUT2D eigenvalue weighted by Gasteiger charge is 2.46. The monoisotopic (exact) mass is 540 g/mol. The number of halogens is 1. The van der Waals surface area contributed by atoms with Crippen molar-refractivity contribution in [2.24, 2.45) is 0 Å². The molecule has 1 aliphatic heterocycles. The molecule has 0 saturated carbocycles. The third kappa shape index (κ3) is 3.86. The third-order valence-corrected chi connectivity index (χ3v) is 7.66. The Morgan fingerprint density at radius 3 is 2.70 bits per heavy atom. The van der Waals surface area contributed by atoms with Crippen molar-refractivity contribution < 1.29 is 19.4 Å². The Morgan fingerprint density at radius 2 is 2.00 bits per heavy atom. The fraction of sp³-hybridized carbons (Fsp3) is 0.125. The van der Waals surface area contributed by atoms with Crippen LogP contribution < -0.4 is 9.64 Å². The number of amides is 1. The minimum absolute atomic E-state index is 0.0547. The van der Waals surface area contributed by atoms with Crippen molar-refractivity contribution >= 4 is 65.6 Å². The minimum Gasteiger partial charge on any atom is -0.503 e. The van der Waals surface area contributed by atoms with Crippen LogP contribution in [0.3, 0.4) is 0 Å². The molecular formula is C24H17BrN2O4S2. The molecule has 3 heterocycles. The molecule has 2 aromatic carbocycles. The number of hydrogen-bond donors (Lipinski definition) is 1. The molecule has 2 aromatic heterocycles. The van der Waals surface area contributed by atoms with Gasteiger partial charge in [0.1, 0.15) is 5.75 Å². The number of ether oxygens (including phenoxy) is 1. The van der Waals surface area contributed by atoms with E-state index in [0.29, 0.717) is 33.4 Å². The van der Waals surface area contributed by atoms with Crippen molar-refractivity contribution in [1.29, 1.82) is 0 Å². The maximum absolute atomic E-state index is 13.4. The zero-order chi connectivity index (χ0) is 23.1. The lowest BCUT2D eigenvalue weighted by Gasteiger charge is -2.24. The number of carbonyl (C=O) groups excluding carboxylic acids is 2. The Bertz CT molecular complexity index is 1390. The van der Waals surface area contributed by atoms with Crippen LogP contribution in [0.5, 0.6) is 5.75 Å². The van der Waals surface area contributed by atoms with Gasteiger partial charge in [-0.1, -0.05) is 45.5 Å². The number of ketones is 1. The molecule has 4 aromatic rings. The largest absolute Gasteiger partial charge is 0.503 e. The second-order valence-corrected chi connectivity index (χ2v) is 10.1. The lowest BCUT2D eigenvalue weighted by Crippen LogP contribution is -2.30. The summed E-state index contributed by atoms with van der Waals surface area (Å²) in [6.07, 6.45) is 0. The number of thiazole rings is 1. The molecule has 0 fully saturated rings.